The van der Waals surface area contributed by atoms with E-state index in [2.05, 4.69) is 20.6 Å². The molecule has 3 N–H and O–H groups in total. The third kappa shape index (κ3) is 3.95. The number of pyridine rings is 1. The molecule has 2 aliphatic heterocycles. The van der Waals surface area contributed by atoms with Gasteiger partial charge in [0.15, 0.2) is 10.8 Å². The van der Waals surface area contributed by atoms with Crippen LogP contribution in [0.25, 0.3) is 5.65 Å². The van der Waals surface area contributed by atoms with Gasteiger partial charge in [-0.1, -0.05) is 11.2 Å². The fraction of sp³-hybridized carbons (Fsp3) is 0.286. The summed E-state index contributed by atoms with van der Waals surface area (Å²) in [6, 6.07) is 4.64. The number of aryl methyl sites for hydroxylation is 1. The van der Waals surface area contributed by atoms with E-state index in [0.29, 0.717) is 11.3 Å². The molecule has 1 saturated heterocycles. The quantitative estimate of drug-likeness (QED) is 0.159. The van der Waals surface area contributed by atoms with Crippen molar-refractivity contribution < 1.29 is 28.7 Å². The van der Waals surface area contributed by atoms with Gasteiger partial charge in [0.25, 0.3) is 23.3 Å². The van der Waals surface area contributed by atoms with Gasteiger partial charge in [-0.2, -0.15) is 0 Å². The second-order valence-electron chi connectivity index (χ2n) is 7.93. The summed E-state index contributed by atoms with van der Waals surface area (Å²) in [5.74, 6) is -1.68. The first kappa shape index (κ1) is 23.7. The lowest BCUT2D eigenvalue weighted by Crippen LogP contribution is -2.71. The molecule has 1 fully saturated rings. The zero-order chi connectivity index (χ0) is 25.6. The number of nitrogens with one attached hydrogen (secondary N) is 1. The Morgan fingerprint density at radius 2 is 2.22 bits per heavy atom. The molecule has 13 nitrogen and oxygen atoms in total. The van der Waals surface area contributed by atoms with Crippen LogP contribution < -0.4 is 20.6 Å². The van der Waals surface area contributed by atoms with Gasteiger partial charge in [0.05, 0.1) is 17.9 Å². The average molecular weight is 529 g/mol. The molecule has 186 valence electrons. The lowest BCUT2D eigenvalue weighted by Gasteiger charge is -2.50. The van der Waals surface area contributed by atoms with Crippen LogP contribution in [-0.2, 0) is 25.8 Å². The van der Waals surface area contributed by atoms with E-state index >= 15 is 0 Å². The molecule has 0 radical (unpaired) electrons. The summed E-state index contributed by atoms with van der Waals surface area (Å²) >= 11 is 2.47. The number of fused-ring (bicyclic) bond motifs is 2. The van der Waals surface area contributed by atoms with E-state index in [0.717, 1.165) is 27.7 Å². The first-order valence-electron chi connectivity index (χ1n) is 10.7. The Labute approximate surface area is 212 Å². The minimum atomic E-state index is -1.46. The highest BCUT2D eigenvalue weighted by atomic mass is 32.2. The Balaban J connectivity index is 1.38. The number of rotatable bonds is 7. The van der Waals surface area contributed by atoms with E-state index in [1.807, 2.05) is 35.7 Å². The van der Waals surface area contributed by atoms with Gasteiger partial charge in [0, 0.05) is 34.8 Å². The van der Waals surface area contributed by atoms with Gasteiger partial charge >= 0.3 is 0 Å². The van der Waals surface area contributed by atoms with Crippen LogP contribution in [0, 0.1) is 6.92 Å². The van der Waals surface area contributed by atoms with Gasteiger partial charge < -0.3 is 25.8 Å². The van der Waals surface area contributed by atoms with Crippen molar-refractivity contribution in [3.8, 4) is 0 Å². The van der Waals surface area contributed by atoms with Gasteiger partial charge in [0.2, 0.25) is 0 Å². The van der Waals surface area contributed by atoms with E-state index in [-0.39, 0.29) is 28.8 Å². The largest absolute Gasteiger partial charge is 0.543 e. The Morgan fingerprint density at radius 3 is 2.92 bits per heavy atom. The topological polar surface area (TPSA) is 172 Å². The maximum atomic E-state index is 13.0. The number of oxime groups is 1. The van der Waals surface area contributed by atoms with Crippen molar-refractivity contribution in [1.29, 1.82) is 0 Å². The minimum Gasteiger partial charge on any atom is -0.543 e. The number of aromatic nitrogens is 4. The Kier molecular flexibility index (Phi) is 6.09. The van der Waals surface area contributed by atoms with Crippen LogP contribution in [0.5, 0.6) is 0 Å². The number of carbonyl (C=O) groups excluding carboxylic acids is 3. The standard InChI is InChI=1S/C21H20N8O5S2/c1-10-25-28(13-5-3-4-6-27(10)13)7-11-8-35-19-15(18(31)29(19)16(11)20(32)33)24-17(30)14(26-34-2)12-9-36-21(22)23-12/h3-6,9,15,19H,7-8H2,1-2H3,(H3-,22,23,24,30,32,33)/b26-14-/t15-,19-/m1/s1. The summed E-state index contributed by atoms with van der Waals surface area (Å²) < 4.78 is 3.57. The smallest absolute Gasteiger partial charge is 0.279 e. The Bertz CT molecular complexity index is 1460. The number of anilines is 1. The Morgan fingerprint density at radius 1 is 1.42 bits per heavy atom. The molecule has 0 aliphatic carbocycles. The number of nitrogens with zero attached hydrogens (tertiary/aromatic N) is 6. The third-order valence-corrected chi connectivity index (χ3v) is 7.76. The molecule has 3 aromatic heterocycles. The number of hydrogen-bond donors (Lipinski definition) is 2. The number of carboxylic acid groups (broad SMARTS) is 1. The van der Waals surface area contributed by atoms with Gasteiger partial charge in [-0.05, 0) is 6.07 Å². The molecule has 0 saturated carbocycles. The molecule has 2 amide bonds. The van der Waals surface area contributed by atoms with Crippen LogP contribution in [0.1, 0.15) is 11.5 Å². The second kappa shape index (κ2) is 9.23. The lowest BCUT2D eigenvalue weighted by atomic mass is 10.0. The highest BCUT2D eigenvalue weighted by Gasteiger charge is 2.53. The predicted molar refractivity (Wildman–Crippen MR) is 127 cm³/mol. The number of amides is 2. The molecule has 2 atom stereocenters. The molecule has 0 bridgehead atoms. The fourth-order valence-corrected chi connectivity index (χ4v) is 6.07. The van der Waals surface area contributed by atoms with Crippen molar-refractivity contribution in [3.63, 3.8) is 0 Å². The van der Waals surface area contributed by atoms with Crippen molar-refractivity contribution >= 4 is 57.4 Å². The maximum absolute atomic E-state index is 13.0. The van der Waals surface area contributed by atoms with Crippen LogP contribution >= 0.6 is 23.1 Å². The summed E-state index contributed by atoms with van der Waals surface area (Å²) in [5, 5.41) is 24.1. The van der Waals surface area contributed by atoms with Crippen LogP contribution in [0.2, 0.25) is 0 Å². The van der Waals surface area contributed by atoms with Crippen LogP contribution in [0.15, 0.2) is 46.2 Å². The summed E-state index contributed by atoms with van der Waals surface area (Å²) in [6.45, 7) is 2.01. The highest BCUT2D eigenvalue weighted by molar-refractivity contribution is 8.00. The van der Waals surface area contributed by atoms with Gasteiger partial charge in [-0.15, -0.1) is 27.8 Å². The van der Waals surface area contributed by atoms with Crippen LogP contribution in [-0.4, -0.2) is 67.4 Å². The molecule has 5 heterocycles. The molecular formula is C21H20N8O5S2. The summed E-state index contributed by atoms with van der Waals surface area (Å²) in [6.07, 6.45) is 1.86. The van der Waals surface area contributed by atoms with E-state index in [9.17, 15) is 19.5 Å². The zero-order valence-electron chi connectivity index (χ0n) is 19.1. The van der Waals surface area contributed by atoms with Crippen LogP contribution in [0.3, 0.4) is 0 Å². The van der Waals surface area contributed by atoms with Crippen molar-refractivity contribution in [3.05, 3.63) is 52.6 Å². The fourth-order valence-electron chi connectivity index (χ4n) is 4.18. The Hall–Kier alpha value is -3.98. The van der Waals surface area contributed by atoms with Gasteiger partial charge in [0.1, 0.15) is 30.8 Å². The van der Waals surface area contributed by atoms with Crippen molar-refractivity contribution in [1.82, 2.24) is 25.0 Å². The SMILES string of the molecule is CO/N=C(\C(=O)N[C@@H]1C(=O)N2C(C(=O)[O-])=C(Cn3nc(C)[n+]4ccccc34)CS[C@H]12)c1csc(N)n1. The molecule has 3 aromatic rings. The molecular weight excluding hydrogens is 508 g/mol. The highest BCUT2D eigenvalue weighted by Crippen LogP contribution is 2.40. The summed E-state index contributed by atoms with van der Waals surface area (Å²) in [5.41, 5.74) is 6.77. The number of carboxylic acids is 1. The molecule has 0 spiro atoms. The van der Waals surface area contributed by atoms with E-state index in [1.165, 1.54) is 18.9 Å². The first-order valence-corrected chi connectivity index (χ1v) is 12.6. The van der Waals surface area contributed by atoms with E-state index in [1.54, 1.807) is 10.1 Å². The van der Waals surface area contributed by atoms with Crippen LogP contribution in [0.4, 0.5) is 5.13 Å². The molecule has 15 heteroatoms. The third-order valence-electron chi connectivity index (χ3n) is 5.75. The maximum Gasteiger partial charge on any atom is 0.279 e. The molecule has 36 heavy (non-hydrogen) atoms. The number of nitrogens with two attached hydrogens (primary N) is 1. The average Bonchev–Trinajstić information content (AvgIpc) is 3.43. The number of thiazole rings is 1. The van der Waals surface area contributed by atoms with Crippen molar-refractivity contribution in [2.75, 3.05) is 18.6 Å². The van der Waals surface area contributed by atoms with Gasteiger partial charge in [-0.25, -0.2) is 9.38 Å². The normalized spacial score (nSPS) is 19.8. The number of hydrogen-bond acceptors (Lipinski definition) is 11. The lowest BCUT2D eigenvalue weighted by molar-refractivity contribution is -0.520. The molecule has 5 rings (SSSR count). The van der Waals surface area contributed by atoms with Gasteiger partial charge in [-0.3, -0.25) is 14.5 Å². The number of aliphatic carboxylic acids is 1. The van der Waals surface area contributed by atoms with E-state index < -0.39 is 29.2 Å². The molecule has 0 unspecified atom stereocenters. The first-order chi connectivity index (χ1) is 17.3. The predicted octanol–water partition coefficient (Wildman–Crippen LogP) is -1.58. The van der Waals surface area contributed by atoms with Crippen molar-refractivity contribution in [2.45, 2.75) is 24.9 Å². The summed E-state index contributed by atoms with van der Waals surface area (Å²) in [7, 11) is 1.28. The number of nitrogen functional groups attached to an aromatic ring is 1. The summed E-state index contributed by atoms with van der Waals surface area (Å²) in [4.78, 5) is 48.0. The molecule has 0 aromatic carbocycles. The van der Waals surface area contributed by atoms with E-state index in [4.69, 9.17) is 10.6 Å². The zero-order valence-corrected chi connectivity index (χ0v) is 20.7. The second-order valence-corrected chi connectivity index (χ2v) is 9.92. The molecule has 2 aliphatic rings. The number of thioether (sulfide) groups is 1. The minimum absolute atomic E-state index is 0.146. The number of β-lactam (4-membered cyclic amide) rings is 1. The monoisotopic (exact) mass is 528 g/mol. The number of carbonyl (C=O) groups is 3. The van der Waals surface area contributed by atoms with Crippen molar-refractivity contribution in [2.24, 2.45) is 5.16 Å².